The first-order valence-electron chi connectivity index (χ1n) is 10.8. The molecule has 33 heavy (non-hydrogen) atoms. The summed E-state index contributed by atoms with van der Waals surface area (Å²) in [4.78, 5) is 51.9. The number of hydrogen-bond donors (Lipinski definition) is 3. The van der Waals surface area contributed by atoms with Gasteiger partial charge in [0.15, 0.2) is 0 Å². The zero-order valence-corrected chi connectivity index (χ0v) is 21.2. The number of benzene rings is 1. The summed E-state index contributed by atoms with van der Waals surface area (Å²) in [6, 6.07) is 3.35. The molecule has 1 aromatic carbocycles. The van der Waals surface area contributed by atoms with Crippen LogP contribution in [0.5, 0.6) is 0 Å². The molecule has 4 amide bonds. The molecular formula is C24H38N4O5. The minimum atomic E-state index is -1.29. The van der Waals surface area contributed by atoms with Crippen LogP contribution in [-0.4, -0.2) is 52.9 Å². The summed E-state index contributed by atoms with van der Waals surface area (Å²) in [5.41, 5.74) is 6.37. The average molecular weight is 463 g/mol. The van der Waals surface area contributed by atoms with Gasteiger partial charge in [0, 0.05) is 12.6 Å². The Kier molecular flexibility index (Phi) is 9.04. The number of amides is 4. The summed E-state index contributed by atoms with van der Waals surface area (Å²) in [7, 11) is 1.46. The Morgan fingerprint density at radius 2 is 1.64 bits per heavy atom. The fraction of sp³-hybridized carbons (Fsp3) is 0.583. The molecule has 9 nitrogen and oxygen atoms in total. The zero-order valence-electron chi connectivity index (χ0n) is 21.2. The van der Waals surface area contributed by atoms with Crippen LogP contribution in [0.4, 0.5) is 4.79 Å². The van der Waals surface area contributed by atoms with Crippen LogP contribution in [0.15, 0.2) is 18.2 Å². The number of carbonyl (C=O) groups excluding carboxylic acids is 4. The van der Waals surface area contributed by atoms with Crippen molar-refractivity contribution in [2.45, 2.75) is 85.0 Å². The summed E-state index contributed by atoms with van der Waals surface area (Å²) >= 11 is 0. The Morgan fingerprint density at radius 3 is 2.12 bits per heavy atom. The van der Waals surface area contributed by atoms with E-state index in [9.17, 15) is 19.2 Å². The molecule has 9 heteroatoms. The van der Waals surface area contributed by atoms with Gasteiger partial charge < -0.3 is 26.0 Å². The normalized spacial score (nSPS) is 13.5. The van der Waals surface area contributed by atoms with Gasteiger partial charge in [-0.05, 0) is 66.5 Å². The lowest BCUT2D eigenvalue weighted by Gasteiger charge is -2.34. The topological polar surface area (TPSA) is 131 Å². The Balaban J connectivity index is 3.38. The van der Waals surface area contributed by atoms with Crippen LogP contribution in [-0.2, 0) is 19.1 Å². The molecule has 0 saturated carbocycles. The second-order valence-corrected chi connectivity index (χ2v) is 10.3. The van der Waals surface area contributed by atoms with Gasteiger partial charge >= 0.3 is 6.09 Å². The number of carbonyl (C=O) groups is 4. The molecule has 2 unspecified atom stereocenters. The van der Waals surface area contributed by atoms with E-state index in [-0.39, 0.29) is 5.91 Å². The summed E-state index contributed by atoms with van der Waals surface area (Å²) < 4.78 is 5.22. The van der Waals surface area contributed by atoms with Gasteiger partial charge in [0.05, 0.1) is 6.42 Å². The van der Waals surface area contributed by atoms with E-state index in [0.29, 0.717) is 5.56 Å². The molecule has 0 radical (unpaired) electrons. The molecule has 0 aromatic heterocycles. The molecule has 2 atom stereocenters. The van der Waals surface area contributed by atoms with E-state index in [1.165, 1.54) is 11.9 Å². The third-order valence-corrected chi connectivity index (χ3v) is 4.61. The third kappa shape index (κ3) is 9.11. The maximum absolute atomic E-state index is 13.4. The number of likely N-dealkylation sites (N-methyl/N-ethyl adjacent to an activating group) is 1. The van der Waals surface area contributed by atoms with Crippen molar-refractivity contribution in [3.05, 3.63) is 34.9 Å². The molecule has 0 spiro atoms. The van der Waals surface area contributed by atoms with E-state index < -0.39 is 47.6 Å². The number of primary amides is 1. The van der Waals surface area contributed by atoms with Crippen molar-refractivity contribution >= 4 is 23.8 Å². The van der Waals surface area contributed by atoms with Gasteiger partial charge in [-0.25, -0.2) is 4.79 Å². The van der Waals surface area contributed by atoms with Crippen molar-refractivity contribution in [3.63, 3.8) is 0 Å². The highest BCUT2D eigenvalue weighted by Crippen LogP contribution is 2.26. The largest absolute Gasteiger partial charge is 0.444 e. The summed E-state index contributed by atoms with van der Waals surface area (Å²) in [5.74, 6) is -1.81. The first kappa shape index (κ1) is 27.9. The molecule has 0 fully saturated rings. The first-order valence-corrected chi connectivity index (χ1v) is 10.8. The van der Waals surface area contributed by atoms with Crippen LogP contribution in [0.3, 0.4) is 0 Å². The van der Waals surface area contributed by atoms with E-state index in [4.69, 9.17) is 10.5 Å². The van der Waals surface area contributed by atoms with Gasteiger partial charge in [0.1, 0.15) is 17.7 Å². The van der Waals surface area contributed by atoms with Gasteiger partial charge in [-0.2, -0.15) is 0 Å². The smallest absolute Gasteiger partial charge is 0.408 e. The predicted molar refractivity (Wildman–Crippen MR) is 126 cm³/mol. The van der Waals surface area contributed by atoms with Crippen LogP contribution in [0.25, 0.3) is 0 Å². The number of ether oxygens (including phenoxy) is 1. The van der Waals surface area contributed by atoms with Crippen molar-refractivity contribution in [3.8, 4) is 0 Å². The van der Waals surface area contributed by atoms with E-state index in [1.54, 1.807) is 20.8 Å². The summed E-state index contributed by atoms with van der Waals surface area (Å²) in [6.45, 7) is 14.3. The van der Waals surface area contributed by atoms with E-state index in [2.05, 4.69) is 10.6 Å². The van der Waals surface area contributed by atoms with Crippen molar-refractivity contribution in [2.75, 3.05) is 7.05 Å². The highest BCUT2D eigenvalue weighted by atomic mass is 16.6. The number of hydrogen-bond acceptors (Lipinski definition) is 5. The molecule has 0 saturated heterocycles. The molecule has 184 valence electrons. The van der Waals surface area contributed by atoms with Gasteiger partial charge in [0.25, 0.3) is 0 Å². The second-order valence-electron chi connectivity index (χ2n) is 10.3. The Morgan fingerprint density at radius 1 is 1.06 bits per heavy atom. The van der Waals surface area contributed by atoms with Gasteiger partial charge in [-0.3, -0.25) is 14.4 Å². The molecule has 0 bridgehead atoms. The maximum Gasteiger partial charge on any atom is 0.408 e. The Bertz CT molecular complexity index is 899. The number of alkyl carbamates (subject to hydrolysis) is 1. The van der Waals surface area contributed by atoms with Gasteiger partial charge in [-0.1, -0.05) is 23.8 Å². The summed E-state index contributed by atoms with van der Waals surface area (Å²) in [5, 5.41) is 5.34. The predicted octanol–water partition coefficient (Wildman–Crippen LogP) is 2.49. The van der Waals surface area contributed by atoms with E-state index in [1.807, 2.05) is 52.8 Å². The molecule has 0 heterocycles. The number of nitrogens with one attached hydrogen (secondary N) is 2. The van der Waals surface area contributed by atoms with Gasteiger partial charge in [-0.15, -0.1) is 0 Å². The fourth-order valence-electron chi connectivity index (χ4n) is 3.24. The van der Waals surface area contributed by atoms with Crippen molar-refractivity contribution in [2.24, 2.45) is 5.73 Å². The minimum absolute atomic E-state index is 0.387. The molecule has 0 aliphatic rings. The quantitative estimate of drug-likeness (QED) is 0.573. The highest BCUT2D eigenvalue weighted by molar-refractivity contribution is 5.94. The number of nitrogens with two attached hydrogens (primary N) is 1. The van der Waals surface area contributed by atoms with Crippen LogP contribution >= 0.6 is 0 Å². The van der Waals surface area contributed by atoms with Gasteiger partial charge in [0.2, 0.25) is 17.7 Å². The van der Waals surface area contributed by atoms with Crippen LogP contribution < -0.4 is 16.4 Å². The monoisotopic (exact) mass is 462 g/mol. The molecule has 1 aromatic rings. The molecule has 4 N–H and O–H groups in total. The molecule has 0 aliphatic carbocycles. The highest BCUT2D eigenvalue weighted by Gasteiger charge is 2.36. The number of nitrogens with zero attached hydrogens (tertiary/aromatic N) is 1. The van der Waals surface area contributed by atoms with Crippen molar-refractivity contribution in [1.82, 2.24) is 15.5 Å². The number of rotatable bonds is 7. The SMILES string of the molecule is Cc1ccc(C)c(C(C(=O)NC(C)(C)C)N(C)C(=O)C(CC(N)=O)NC(=O)OC(C)(C)C)c1. The maximum atomic E-state index is 13.4. The minimum Gasteiger partial charge on any atom is -0.444 e. The second kappa shape index (κ2) is 10.7. The Hall–Kier alpha value is -3.10. The molecule has 0 aliphatic heterocycles. The average Bonchev–Trinajstić information content (AvgIpc) is 2.60. The zero-order chi connectivity index (χ0) is 25.7. The Labute approximate surface area is 196 Å². The van der Waals surface area contributed by atoms with E-state index >= 15 is 0 Å². The third-order valence-electron chi connectivity index (χ3n) is 4.61. The molecule has 1 rings (SSSR count). The standard InChI is InChI=1S/C24H38N4O5/c1-14-10-11-15(2)16(12-14)19(20(30)27-23(3,4)5)28(9)21(31)17(13-18(25)29)26-22(32)33-24(6,7)8/h10-12,17,19H,13H2,1-9H3,(H2,25,29)(H,26,32)(H,27,30). The summed E-state index contributed by atoms with van der Waals surface area (Å²) in [6.07, 6.45) is -1.30. The fourth-order valence-corrected chi connectivity index (χ4v) is 3.24. The lowest BCUT2D eigenvalue weighted by atomic mass is 9.95. The lowest BCUT2D eigenvalue weighted by molar-refractivity contribution is -0.142. The van der Waals surface area contributed by atoms with Crippen LogP contribution in [0, 0.1) is 13.8 Å². The van der Waals surface area contributed by atoms with Crippen molar-refractivity contribution in [1.29, 1.82) is 0 Å². The van der Waals surface area contributed by atoms with Crippen LogP contribution in [0.2, 0.25) is 0 Å². The van der Waals surface area contributed by atoms with Crippen molar-refractivity contribution < 1.29 is 23.9 Å². The first-order chi connectivity index (χ1) is 14.9. The lowest BCUT2D eigenvalue weighted by Crippen LogP contribution is -2.54. The van der Waals surface area contributed by atoms with Crippen LogP contribution in [0.1, 0.15) is 70.7 Å². The number of aryl methyl sites for hydroxylation is 2. The molecular weight excluding hydrogens is 424 g/mol. The van der Waals surface area contributed by atoms with E-state index in [0.717, 1.165) is 11.1 Å².